The van der Waals surface area contributed by atoms with Crippen LogP contribution < -0.4 is 5.30 Å². The summed E-state index contributed by atoms with van der Waals surface area (Å²) in [7, 11) is -3.16. The third kappa shape index (κ3) is 3.42. The minimum Gasteiger partial charge on any atom is -0.305 e. The standard InChI is InChI=1S/C11H16BrO3P/c1-4-14-16(13,15-5-2)11-7-9(3)6-10(12)8-11/h6-8H,4-5H2,1-3H3. The van der Waals surface area contributed by atoms with Gasteiger partial charge in [0.1, 0.15) is 0 Å². The maximum absolute atomic E-state index is 12.5. The van der Waals surface area contributed by atoms with E-state index in [4.69, 9.17) is 9.05 Å². The van der Waals surface area contributed by atoms with Crippen molar-refractivity contribution in [3.05, 3.63) is 28.2 Å². The Bertz CT molecular complexity index is 376. The predicted octanol–water partition coefficient (Wildman–Crippen LogP) is 3.65. The van der Waals surface area contributed by atoms with E-state index >= 15 is 0 Å². The molecule has 0 atom stereocenters. The van der Waals surface area contributed by atoms with Gasteiger partial charge in [0.05, 0.1) is 18.5 Å². The van der Waals surface area contributed by atoms with Crippen LogP contribution in [0, 0.1) is 6.92 Å². The van der Waals surface area contributed by atoms with Gasteiger partial charge >= 0.3 is 7.60 Å². The summed E-state index contributed by atoms with van der Waals surface area (Å²) >= 11 is 3.38. The fourth-order valence-corrected chi connectivity index (χ4v) is 3.90. The van der Waals surface area contributed by atoms with Gasteiger partial charge in [-0.25, -0.2) is 0 Å². The second-order valence-corrected chi connectivity index (χ2v) is 6.26. The first kappa shape index (κ1) is 13.9. The Morgan fingerprint density at radius 1 is 1.19 bits per heavy atom. The Morgan fingerprint density at radius 3 is 2.19 bits per heavy atom. The van der Waals surface area contributed by atoms with E-state index in [1.807, 2.05) is 19.1 Å². The highest BCUT2D eigenvalue weighted by Crippen LogP contribution is 2.47. The molecular weight excluding hydrogens is 291 g/mol. The molecule has 0 bridgehead atoms. The quantitative estimate of drug-likeness (QED) is 0.779. The Morgan fingerprint density at radius 2 is 1.75 bits per heavy atom. The molecule has 1 aromatic carbocycles. The van der Waals surface area contributed by atoms with Gasteiger partial charge in [0.25, 0.3) is 0 Å². The summed E-state index contributed by atoms with van der Waals surface area (Å²) in [6.07, 6.45) is 0. The van der Waals surface area contributed by atoms with Crippen molar-refractivity contribution in [3.8, 4) is 0 Å². The SMILES string of the molecule is CCOP(=O)(OCC)c1cc(C)cc(Br)c1. The van der Waals surface area contributed by atoms with Crippen LogP contribution in [0.15, 0.2) is 22.7 Å². The summed E-state index contributed by atoms with van der Waals surface area (Å²) in [6.45, 7) is 6.27. The van der Waals surface area contributed by atoms with Crippen molar-refractivity contribution < 1.29 is 13.6 Å². The van der Waals surface area contributed by atoms with Crippen LogP contribution in [0.25, 0.3) is 0 Å². The highest BCUT2D eigenvalue weighted by Gasteiger charge is 2.26. The Hall–Kier alpha value is -0.150. The highest BCUT2D eigenvalue weighted by molar-refractivity contribution is 9.10. The lowest BCUT2D eigenvalue weighted by Gasteiger charge is -2.17. The van der Waals surface area contributed by atoms with E-state index in [-0.39, 0.29) is 0 Å². The summed E-state index contributed by atoms with van der Waals surface area (Å²) in [5.41, 5.74) is 1.02. The molecule has 0 unspecified atom stereocenters. The van der Waals surface area contributed by atoms with Gasteiger partial charge in [0, 0.05) is 4.47 Å². The first-order chi connectivity index (χ1) is 7.51. The van der Waals surface area contributed by atoms with E-state index in [1.165, 1.54) is 0 Å². The molecule has 16 heavy (non-hydrogen) atoms. The number of aryl methyl sites for hydroxylation is 1. The molecule has 0 aliphatic carbocycles. The summed E-state index contributed by atoms with van der Waals surface area (Å²) in [4.78, 5) is 0. The van der Waals surface area contributed by atoms with Gasteiger partial charge < -0.3 is 9.05 Å². The summed E-state index contributed by atoms with van der Waals surface area (Å²) in [6, 6.07) is 5.56. The van der Waals surface area contributed by atoms with Crippen LogP contribution in [0.4, 0.5) is 0 Å². The molecule has 1 rings (SSSR count). The molecule has 1 aromatic rings. The maximum atomic E-state index is 12.5. The largest absolute Gasteiger partial charge is 0.361 e. The lowest BCUT2D eigenvalue weighted by Crippen LogP contribution is -2.11. The highest BCUT2D eigenvalue weighted by atomic mass is 79.9. The molecule has 0 N–H and O–H groups in total. The van der Waals surface area contributed by atoms with E-state index in [2.05, 4.69) is 15.9 Å². The molecule has 0 fully saturated rings. The lowest BCUT2D eigenvalue weighted by molar-refractivity contribution is 0.230. The van der Waals surface area contributed by atoms with Gasteiger partial charge in [-0.2, -0.15) is 0 Å². The molecule has 0 saturated carbocycles. The van der Waals surface area contributed by atoms with Crippen molar-refractivity contribution in [2.45, 2.75) is 20.8 Å². The molecule has 0 radical (unpaired) electrons. The molecule has 0 aromatic heterocycles. The van der Waals surface area contributed by atoms with Crippen LogP contribution in [0.3, 0.4) is 0 Å². The fourth-order valence-electron chi connectivity index (χ4n) is 1.40. The van der Waals surface area contributed by atoms with Crippen molar-refractivity contribution in [1.82, 2.24) is 0 Å². The fraction of sp³-hybridized carbons (Fsp3) is 0.455. The van der Waals surface area contributed by atoms with Crippen LogP contribution in [0.5, 0.6) is 0 Å². The Kier molecular flexibility index (Phi) is 5.19. The summed E-state index contributed by atoms with van der Waals surface area (Å²) < 4.78 is 23.9. The summed E-state index contributed by atoms with van der Waals surface area (Å²) in [5, 5.41) is 0.600. The molecular formula is C11H16BrO3P. The van der Waals surface area contributed by atoms with E-state index in [9.17, 15) is 4.57 Å². The van der Waals surface area contributed by atoms with Gasteiger partial charge in [-0.05, 0) is 44.5 Å². The number of hydrogen-bond donors (Lipinski definition) is 0. The van der Waals surface area contributed by atoms with E-state index < -0.39 is 7.60 Å². The van der Waals surface area contributed by atoms with Crippen molar-refractivity contribution in [2.24, 2.45) is 0 Å². The third-order valence-electron chi connectivity index (χ3n) is 1.94. The Labute approximate surface area is 105 Å². The van der Waals surface area contributed by atoms with E-state index in [1.54, 1.807) is 19.9 Å². The zero-order valence-electron chi connectivity index (χ0n) is 9.70. The van der Waals surface area contributed by atoms with Crippen molar-refractivity contribution in [3.63, 3.8) is 0 Å². The van der Waals surface area contributed by atoms with Crippen molar-refractivity contribution >= 4 is 28.8 Å². The molecule has 5 heteroatoms. The first-order valence-electron chi connectivity index (χ1n) is 5.18. The van der Waals surface area contributed by atoms with E-state index in [0.717, 1.165) is 10.0 Å². The molecule has 0 heterocycles. The maximum Gasteiger partial charge on any atom is 0.361 e. The van der Waals surface area contributed by atoms with Crippen molar-refractivity contribution in [1.29, 1.82) is 0 Å². The van der Waals surface area contributed by atoms with Gasteiger partial charge in [-0.15, -0.1) is 0 Å². The first-order valence-corrected chi connectivity index (χ1v) is 7.52. The molecule has 0 saturated heterocycles. The van der Waals surface area contributed by atoms with Gasteiger partial charge in [-0.1, -0.05) is 15.9 Å². The normalized spacial score (nSPS) is 11.8. The number of hydrogen-bond acceptors (Lipinski definition) is 3. The molecule has 0 amide bonds. The molecule has 0 aliphatic rings. The monoisotopic (exact) mass is 306 g/mol. The average molecular weight is 307 g/mol. The lowest BCUT2D eigenvalue weighted by atomic mass is 10.2. The molecule has 90 valence electrons. The van der Waals surface area contributed by atoms with E-state index in [0.29, 0.717) is 18.5 Å². The van der Waals surface area contributed by atoms with Crippen molar-refractivity contribution in [2.75, 3.05) is 13.2 Å². The third-order valence-corrected chi connectivity index (χ3v) is 4.49. The minimum atomic E-state index is -3.16. The number of benzene rings is 1. The zero-order valence-corrected chi connectivity index (χ0v) is 12.2. The molecule has 3 nitrogen and oxygen atoms in total. The smallest absolute Gasteiger partial charge is 0.305 e. The number of rotatable bonds is 5. The van der Waals surface area contributed by atoms with Crippen LogP contribution in [0.2, 0.25) is 0 Å². The molecule has 0 spiro atoms. The molecule has 0 aliphatic heterocycles. The van der Waals surface area contributed by atoms with Crippen LogP contribution >= 0.6 is 23.5 Å². The second-order valence-electron chi connectivity index (χ2n) is 3.32. The Balaban J connectivity index is 3.15. The van der Waals surface area contributed by atoms with Gasteiger partial charge in [0.2, 0.25) is 0 Å². The number of halogens is 1. The van der Waals surface area contributed by atoms with Gasteiger partial charge in [0.15, 0.2) is 0 Å². The second kappa shape index (κ2) is 5.97. The average Bonchev–Trinajstić information content (AvgIpc) is 2.16. The minimum absolute atomic E-state index is 0.364. The zero-order chi connectivity index (χ0) is 12.2. The van der Waals surface area contributed by atoms with Gasteiger partial charge in [-0.3, -0.25) is 4.57 Å². The van der Waals surface area contributed by atoms with Crippen LogP contribution in [-0.2, 0) is 13.6 Å². The van der Waals surface area contributed by atoms with Crippen LogP contribution in [0.1, 0.15) is 19.4 Å². The topological polar surface area (TPSA) is 35.5 Å². The summed E-state index contributed by atoms with van der Waals surface area (Å²) in [5.74, 6) is 0. The predicted molar refractivity (Wildman–Crippen MR) is 69.4 cm³/mol. The van der Waals surface area contributed by atoms with Crippen LogP contribution in [-0.4, -0.2) is 13.2 Å².